The highest BCUT2D eigenvalue weighted by Gasteiger charge is 2.18. The van der Waals surface area contributed by atoms with E-state index in [4.69, 9.17) is 9.84 Å². The van der Waals surface area contributed by atoms with Crippen LogP contribution in [0, 0.1) is 5.82 Å². The predicted octanol–water partition coefficient (Wildman–Crippen LogP) is 2.86. The van der Waals surface area contributed by atoms with Crippen molar-refractivity contribution >= 4 is 0 Å². The molecular weight excluding hydrogens is 391 g/mol. The van der Waals surface area contributed by atoms with Crippen LogP contribution in [0.1, 0.15) is 23.2 Å². The average molecular weight is 407 g/mol. The molecular formula is C19H16F3N3O4. The minimum Gasteiger partial charge on any atom is -0.494 e. The molecule has 152 valence electrons. The van der Waals surface area contributed by atoms with E-state index in [9.17, 15) is 18.3 Å². The van der Waals surface area contributed by atoms with Crippen molar-refractivity contribution in [3.63, 3.8) is 0 Å². The number of benzene rings is 1. The van der Waals surface area contributed by atoms with Crippen LogP contribution < -0.4 is 9.47 Å². The fraction of sp³-hybridized carbons (Fsp3) is 0.211. The summed E-state index contributed by atoms with van der Waals surface area (Å²) < 4.78 is 48.4. The number of methoxy groups -OCH3 is 1. The van der Waals surface area contributed by atoms with Crippen molar-refractivity contribution in [2.45, 2.75) is 19.3 Å². The van der Waals surface area contributed by atoms with E-state index < -0.39 is 18.5 Å². The number of aromatic nitrogens is 3. The van der Waals surface area contributed by atoms with Gasteiger partial charge in [0, 0.05) is 29.6 Å². The number of nitrogens with zero attached hydrogens (tertiary/aromatic N) is 3. The van der Waals surface area contributed by atoms with E-state index in [1.807, 2.05) is 0 Å². The second-order valence-electron chi connectivity index (χ2n) is 5.83. The molecule has 3 rings (SSSR count). The van der Waals surface area contributed by atoms with Gasteiger partial charge >= 0.3 is 6.61 Å². The molecule has 29 heavy (non-hydrogen) atoms. The zero-order valence-corrected chi connectivity index (χ0v) is 15.1. The number of rotatable bonds is 7. The van der Waals surface area contributed by atoms with Crippen LogP contribution in [-0.4, -0.2) is 38.9 Å². The van der Waals surface area contributed by atoms with Gasteiger partial charge in [-0.15, -0.1) is 0 Å². The average Bonchev–Trinajstić information content (AvgIpc) is 2.72. The number of hydrogen-bond acceptors (Lipinski definition) is 7. The van der Waals surface area contributed by atoms with Crippen LogP contribution in [0.15, 0.2) is 42.7 Å². The summed E-state index contributed by atoms with van der Waals surface area (Å²) in [6.07, 6.45) is 1.45. The fourth-order valence-corrected chi connectivity index (χ4v) is 2.61. The van der Waals surface area contributed by atoms with Gasteiger partial charge in [-0.1, -0.05) is 0 Å². The Balaban J connectivity index is 2.02. The van der Waals surface area contributed by atoms with Gasteiger partial charge in [-0.3, -0.25) is 0 Å². The predicted molar refractivity (Wildman–Crippen MR) is 94.8 cm³/mol. The largest absolute Gasteiger partial charge is 0.494 e. The van der Waals surface area contributed by atoms with Crippen LogP contribution in [0.5, 0.6) is 11.5 Å². The quantitative estimate of drug-likeness (QED) is 0.622. The summed E-state index contributed by atoms with van der Waals surface area (Å²) in [7, 11) is 1.37. The summed E-state index contributed by atoms with van der Waals surface area (Å²) in [5.74, 6) is -0.754. The summed E-state index contributed by atoms with van der Waals surface area (Å²) in [4.78, 5) is 12.1. The summed E-state index contributed by atoms with van der Waals surface area (Å²) >= 11 is 0. The molecule has 1 aromatic carbocycles. The Labute approximate surface area is 163 Å². The number of ether oxygens (including phenoxy) is 2. The van der Waals surface area contributed by atoms with Crippen molar-refractivity contribution in [3.8, 4) is 22.8 Å². The second kappa shape index (κ2) is 8.84. The van der Waals surface area contributed by atoms with Crippen LogP contribution in [0.2, 0.25) is 0 Å². The molecule has 10 heteroatoms. The number of aliphatic hydroxyl groups is 2. The highest BCUT2D eigenvalue weighted by molar-refractivity contribution is 5.68. The van der Waals surface area contributed by atoms with Gasteiger partial charge in [0.2, 0.25) is 0 Å². The first-order valence-corrected chi connectivity index (χ1v) is 8.31. The third-order valence-corrected chi connectivity index (χ3v) is 3.93. The first kappa shape index (κ1) is 20.5. The fourth-order valence-electron chi connectivity index (χ4n) is 2.61. The first-order valence-electron chi connectivity index (χ1n) is 8.31. The van der Waals surface area contributed by atoms with Crippen molar-refractivity contribution < 1.29 is 32.9 Å². The van der Waals surface area contributed by atoms with Gasteiger partial charge in [-0.2, -0.15) is 8.78 Å². The molecule has 0 aliphatic heterocycles. The minimum atomic E-state index is -3.12. The Hall–Kier alpha value is -3.24. The lowest BCUT2D eigenvalue weighted by atomic mass is 10.1. The monoisotopic (exact) mass is 407 g/mol. The number of aliphatic hydroxyl groups excluding tert-OH is 2. The SMILES string of the molecule is COc1ccc([C@@H](O)c2cnc(CO)nc2)nc1-c1cc(F)cc(OC(F)F)c1. The molecule has 0 spiro atoms. The van der Waals surface area contributed by atoms with Gasteiger partial charge < -0.3 is 19.7 Å². The molecule has 0 amide bonds. The van der Waals surface area contributed by atoms with E-state index in [1.165, 1.54) is 37.7 Å². The van der Waals surface area contributed by atoms with Crippen LogP contribution in [0.3, 0.4) is 0 Å². The Kier molecular flexibility index (Phi) is 6.25. The molecule has 1 atom stereocenters. The molecule has 0 aliphatic rings. The topological polar surface area (TPSA) is 97.6 Å². The van der Waals surface area contributed by atoms with E-state index in [2.05, 4.69) is 19.7 Å². The molecule has 0 saturated heterocycles. The standard InChI is InChI=1S/C19H16F3N3O4/c1-28-15-3-2-14(18(27)11-7-23-16(9-26)24-8-11)25-17(15)10-4-12(20)6-13(5-10)29-19(21)22/h2-8,18-19,26-27H,9H2,1H3/t18-/m0/s1. The van der Waals surface area contributed by atoms with Crippen LogP contribution >= 0.6 is 0 Å². The lowest BCUT2D eigenvalue weighted by molar-refractivity contribution is -0.0499. The Morgan fingerprint density at radius 3 is 2.45 bits per heavy atom. The van der Waals surface area contributed by atoms with Gasteiger partial charge in [0.05, 0.1) is 12.8 Å². The minimum absolute atomic E-state index is 0.121. The molecule has 0 fully saturated rings. The molecule has 2 N–H and O–H groups in total. The summed E-state index contributed by atoms with van der Waals surface area (Å²) in [6.45, 7) is -3.46. The maximum absolute atomic E-state index is 13.9. The first-order chi connectivity index (χ1) is 13.9. The highest BCUT2D eigenvalue weighted by atomic mass is 19.3. The molecule has 7 nitrogen and oxygen atoms in total. The summed E-state index contributed by atoms with van der Waals surface area (Å²) in [5.41, 5.74) is 0.725. The van der Waals surface area contributed by atoms with Crippen LogP contribution in [0.25, 0.3) is 11.3 Å². The summed E-state index contributed by atoms with van der Waals surface area (Å²) in [6, 6.07) is 6.08. The van der Waals surface area contributed by atoms with E-state index >= 15 is 0 Å². The molecule has 3 aromatic rings. The van der Waals surface area contributed by atoms with E-state index in [0.717, 1.165) is 12.1 Å². The van der Waals surface area contributed by atoms with Gasteiger partial charge in [0.1, 0.15) is 35.7 Å². The van der Waals surface area contributed by atoms with E-state index in [-0.39, 0.29) is 40.9 Å². The van der Waals surface area contributed by atoms with Crippen molar-refractivity contribution in [2.24, 2.45) is 0 Å². The number of hydrogen-bond donors (Lipinski definition) is 2. The molecule has 0 radical (unpaired) electrons. The van der Waals surface area contributed by atoms with Gasteiger partial charge in [-0.05, 0) is 24.3 Å². The van der Waals surface area contributed by atoms with Gasteiger partial charge in [0.25, 0.3) is 0 Å². The Morgan fingerprint density at radius 2 is 1.83 bits per heavy atom. The Bertz CT molecular complexity index is 987. The molecule has 2 heterocycles. The number of alkyl halides is 2. The molecule has 0 saturated carbocycles. The van der Waals surface area contributed by atoms with E-state index in [0.29, 0.717) is 5.56 Å². The number of halogens is 3. The van der Waals surface area contributed by atoms with Crippen molar-refractivity contribution in [1.29, 1.82) is 0 Å². The third-order valence-electron chi connectivity index (χ3n) is 3.93. The normalized spacial score (nSPS) is 12.1. The molecule has 0 aliphatic carbocycles. The van der Waals surface area contributed by atoms with Gasteiger partial charge in [0.15, 0.2) is 5.82 Å². The highest BCUT2D eigenvalue weighted by Crippen LogP contribution is 2.33. The zero-order valence-electron chi connectivity index (χ0n) is 15.1. The maximum Gasteiger partial charge on any atom is 0.387 e. The maximum atomic E-state index is 13.9. The van der Waals surface area contributed by atoms with Gasteiger partial charge in [-0.25, -0.2) is 19.3 Å². The smallest absolute Gasteiger partial charge is 0.387 e. The zero-order chi connectivity index (χ0) is 21.0. The van der Waals surface area contributed by atoms with E-state index in [1.54, 1.807) is 0 Å². The lowest BCUT2D eigenvalue weighted by Gasteiger charge is -2.15. The molecule has 2 aromatic heterocycles. The van der Waals surface area contributed by atoms with Crippen molar-refractivity contribution in [2.75, 3.05) is 7.11 Å². The Morgan fingerprint density at radius 1 is 1.10 bits per heavy atom. The third kappa shape index (κ3) is 4.79. The second-order valence-corrected chi connectivity index (χ2v) is 5.83. The van der Waals surface area contributed by atoms with Crippen molar-refractivity contribution in [3.05, 3.63) is 65.6 Å². The van der Waals surface area contributed by atoms with Crippen LogP contribution in [-0.2, 0) is 6.61 Å². The summed E-state index contributed by atoms with van der Waals surface area (Å²) in [5, 5.41) is 19.6. The number of pyridine rings is 1. The molecule has 0 unspecified atom stereocenters. The molecule has 0 bridgehead atoms. The van der Waals surface area contributed by atoms with Crippen LogP contribution in [0.4, 0.5) is 13.2 Å². The van der Waals surface area contributed by atoms with Crippen molar-refractivity contribution in [1.82, 2.24) is 15.0 Å². The lowest BCUT2D eigenvalue weighted by Crippen LogP contribution is -2.07.